The van der Waals surface area contributed by atoms with Crippen LogP contribution in [0.15, 0.2) is 0 Å². The van der Waals surface area contributed by atoms with Crippen molar-refractivity contribution in [2.45, 2.75) is 57.9 Å². The van der Waals surface area contributed by atoms with Gasteiger partial charge < -0.3 is 13.6 Å². The van der Waals surface area contributed by atoms with Crippen molar-refractivity contribution in [2.75, 3.05) is 0 Å². The van der Waals surface area contributed by atoms with Gasteiger partial charge in [0, 0.05) is 26.4 Å². The van der Waals surface area contributed by atoms with Gasteiger partial charge in [-0.25, -0.2) is 0 Å². The third-order valence-corrected chi connectivity index (χ3v) is 6.25. The van der Waals surface area contributed by atoms with Gasteiger partial charge in [0.1, 0.15) is 0 Å². The molecular formula is C12H20O5Si. The average Bonchev–Trinajstić information content (AvgIpc) is 2.91. The molecule has 6 heteroatoms. The number of carbonyl (C=O) groups excluding carboxylic acids is 2. The van der Waals surface area contributed by atoms with Crippen LogP contribution in [0.5, 0.6) is 0 Å². The Labute approximate surface area is 108 Å². The maximum Gasteiger partial charge on any atom is 0.461 e. The first kappa shape index (κ1) is 13.5. The van der Waals surface area contributed by atoms with E-state index in [0.29, 0.717) is 24.2 Å². The first-order chi connectivity index (χ1) is 8.38. The molecule has 1 saturated heterocycles. The third kappa shape index (κ3) is 3.55. The molecule has 2 rings (SSSR count). The summed E-state index contributed by atoms with van der Waals surface area (Å²) in [5.41, 5.74) is 0. The zero-order valence-electron chi connectivity index (χ0n) is 11.1. The van der Waals surface area contributed by atoms with E-state index in [2.05, 4.69) is 0 Å². The molecule has 1 saturated carbocycles. The topological polar surface area (TPSA) is 65.1 Å². The summed E-state index contributed by atoms with van der Waals surface area (Å²) >= 11 is 0. The van der Waals surface area contributed by atoms with Crippen LogP contribution < -0.4 is 0 Å². The van der Waals surface area contributed by atoms with Gasteiger partial charge in [-0.15, -0.1) is 0 Å². The van der Waals surface area contributed by atoms with Crippen molar-refractivity contribution in [3.8, 4) is 0 Å². The lowest BCUT2D eigenvalue weighted by atomic mass is 9.91. The van der Waals surface area contributed by atoms with E-state index in [-0.39, 0.29) is 11.9 Å². The molecular weight excluding hydrogens is 252 g/mol. The molecule has 0 aromatic rings. The number of carbonyl (C=O) groups is 2. The fourth-order valence-electron chi connectivity index (χ4n) is 2.91. The standard InChI is InChI=1S/C12H20O5Si/c1-8(13)16-18(3,17-9(2)14)7-10-4-5-11-12(6-10)15-11/h10-12H,4-7H2,1-3H3. The van der Waals surface area contributed by atoms with Gasteiger partial charge in [-0.3, -0.25) is 9.59 Å². The highest BCUT2D eigenvalue weighted by Gasteiger charge is 2.48. The molecule has 3 unspecified atom stereocenters. The summed E-state index contributed by atoms with van der Waals surface area (Å²) in [6.07, 6.45) is 3.97. The Morgan fingerprint density at radius 1 is 1.17 bits per heavy atom. The van der Waals surface area contributed by atoms with Gasteiger partial charge in [-0.1, -0.05) is 0 Å². The molecule has 5 nitrogen and oxygen atoms in total. The molecule has 0 amide bonds. The molecule has 1 aliphatic carbocycles. The molecule has 18 heavy (non-hydrogen) atoms. The van der Waals surface area contributed by atoms with Crippen molar-refractivity contribution >= 4 is 20.5 Å². The van der Waals surface area contributed by atoms with E-state index in [1.54, 1.807) is 6.55 Å². The molecule has 1 heterocycles. The van der Waals surface area contributed by atoms with Crippen LogP contribution in [0, 0.1) is 5.92 Å². The summed E-state index contributed by atoms with van der Waals surface area (Å²) in [7, 11) is -2.73. The zero-order valence-corrected chi connectivity index (χ0v) is 12.1. The van der Waals surface area contributed by atoms with Crippen LogP contribution in [0.1, 0.15) is 33.1 Å². The number of ether oxygens (including phenoxy) is 1. The molecule has 0 bridgehead atoms. The van der Waals surface area contributed by atoms with Crippen LogP contribution in [0.4, 0.5) is 0 Å². The molecule has 1 aliphatic heterocycles. The summed E-state index contributed by atoms with van der Waals surface area (Å²) in [4.78, 5) is 22.3. The molecule has 2 fully saturated rings. The zero-order chi connectivity index (χ0) is 13.3. The quantitative estimate of drug-likeness (QED) is 0.576. The molecule has 0 aromatic heterocycles. The lowest BCUT2D eigenvalue weighted by Crippen LogP contribution is -2.43. The van der Waals surface area contributed by atoms with Crippen molar-refractivity contribution in [3.05, 3.63) is 0 Å². The second kappa shape index (κ2) is 5.01. The van der Waals surface area contributed by atoms with E-state index in [1.807, 2.05) is 0 Å². The Balaban J connectivity index is 1.94. The lowest BCUT2D eigenvalue weighted by molar-refractivity contribution is -0.138. The van der Waals surface area contributed by atoms with Crippen LogP contribution in [0.2, 0.25) is 12.6 Å². The molecule has 3 atom stereocenters. The predicted octanol–water partition coefficient (Wildman–Crippen LogP) is 1.75. The lowest BCUT2D eigenvalue weighted by Gasteiger charge is -2.29. The maximum absolute atomic E-state index is 11.2. The van der Waals surface area contributed by atoms with E-state index in [0.717, 1.165) is 19.3 Å². The minimum Gasteiger partial charge on any atom is -0.485 e. The van der Waals surface area contributed by atoms with Gasteiger partial charge in [0.15, 0.2) is 0 Å². The fourth-order valence-corrected chi connectivity index (χ4v) is 5.75. The number of rotatable bonds is 4. The molecule has 0 spiro atoms. The highest BCUT2D eigenvalue weighted by Crippen LogP contribution is 2.42. The van der Waals surface area contributed by atoms with E-state index in [4.69, 9.17) is 13.6 Å². The number of epoxide rings is 1. The average molecular weight is 272 g/mol. The molecule has 0 radical (unpaired) electrons. The van der Waals surface area contributed by atoms with Gasteiger partial charge in [0.2, 0.25) is 0 Å². The monoisotopic (exact) mass is 272 g/mol. The smallest absolute Gasteiger partial charge is 0.461 e. The van der Waals surface area contributed by atoms with Gasteiger partial charge in [0.25, 0.3) is 11.9 Å². The second-order valence-corrected chi connectivity index (χ2v) is 8.50. The van der Waals surface area contributed by atoms with Crippen molar-refractivity contribution in [3.63, 3.8) is 0 Å². The Bertz CT molecular complexity index is 340. The minimum atomic E-state index is -2.73. The summed E-state index contributed by atoms with van der Waals surface area (Å²) in [6, 6.07) is 0.679. The van der Waals surface area contributed by atoms with Crippen LogP contribution in [0.25, 0.3) is 0 Å². The van der Waals surface area contributed by atoms with Crippen molar-refractivity contribution in [2.24, 2.45) is 5.92 Å². The van der Waals surface area contributed by atoms with Crippen molar-refractivity contribution < 1.29 is 23.2 Å². The maximum atomic E-state index is 11.2. The van der Waals surface area contributed by atoms with Crippen LogP contribution in [0.3, 0.4) is 0 Å². The van der Waals surface area contributed by atoms with E-state index in [1.165, 1.54) is 13.8 Å². The van der Waals surface area contributed by atoms with Crippen molar-refractivity contribution in [1.29, 1.82) is 0 Å². The van der Waals surface area contributed by atoms with Crippen LogP contribution in [-0.2, 0) is 23.2 Å². The van der Waals surface area contributed by atoms with E-state index >= 15 is 0 Å². The SMILES string of the molecule is CC(=O)O[Si](C)(CC1CCC2OC2C1)OC(C)=O. The van der Waals surface area contributed by atoms with Crippen LogP contribution >= 0.6 is 0 Å². The summed E-state index contributed by atoms with van der Waals surface area (Å²) in [5, 5.41) is 0. The van der Waals surface area contributed by atoms with Gasteiger partial charge >= 0.3 is 8.56 Å². The normalized spacial score (nSPS) is 30.3. The molecule has 0 N–H and O–H groups in total. The van der Waals surface area contributed by atoms with Crippen LogP contribution in [-0.4, -0.2) is 32.7 Å². The number of hydrogen-bond donors (Lipinski definition) is 0. The number of fused-ring (bicyclic) bond motifs is 1. The van der Waals surface area contributed by atoms with Gasteiger partial charge in [0.05, 0.1) is 12.2 Å². The molecule has 102 valence electrons. The summed E-state index contributed by atoms with van der Waals surface area (Å²) in [6.45, 7) is 4.50. The Kier molecular flexibility index (Phi) is 3.77. The number of hydrogen-bond acceptors (Lipinski definition) is 5. The third-order valence-electron chi connectivity index (χ3n) is 3.49. The first-order valence-corrected chi connectivity index (χ1v) is 8.95. The van der Waals surface area contributed by atoms with Gasteiger partial charge in [-0.05, 0) is 25.2 Å². The van der Waals surface area contributed by atoms with E-state index in [9.17, 15) is 9.59 Å². The van der Waals surface area contributed by atoms with E-state index < -0.39 is 8.56 Å². The second-order valence-electron chi connectivity index (χ2n) is 5.42. The molecule has 0 aromatic carbocycles. The minimum absolute atomic E-state index is 0.373. The van der Waals surface area contributed by atoms with Gasteiger partial charge in [-0.2, -0.15) is 0 Å². The first-order valence-electron chi connectivity index (χ1n) is 6.42. The highest BCUT2D eigenvalue weighted by molar-refractivity contribution is 6.69. The Hall–Kier alpha value is -0.883. The van der Waals surface area contributed by atoms with Crippen molar-refractivity contribution in [1.82, 2.24) is 0 Å². The largest absolute Gasteiger partial charge is 0.485 e. The fraction of sp³-hybridized carbons (Fsp3) is 0.833. The highest BCUT2D eigenvalue weighted by atomic mass is 28.4. The summed E-state index contributed by atoms with van der Waals surface area (Å²) < 4.78 is 16.1. The summed E-state index contributed by atoms with van der Waals surface area (Å²) in [5.74, 6) is -0.312. The predicted molar refractivity (Wildman–Crippen MR) is 66.0 cm³/mol. The Morgan fingerprint density at radius 3 is 2.28 bits per heavy atom. The molecule has 2 aliphatic rings. The Morgan fingerprint density at radius 2 is 1.78 bits per heavy atom.